The zero-order chi connectivity index (χ0) is 12.4. The van der Waals surface area contributed by atoms with Gasteiger partial charge >= 0.3 is 0 Å². The Balaban J connectivity index is 2.27. The molecule has 1 aromatic heterocycles. The summed E-state index contributed by atoms with van der Waals surface area (Å²) in [5, 5.41) is 0. The third kappa shape index (κ3) is 2.55. The van der Waals surface area contributed by atoms with Gasteiger partial charge in [-0.25, -0.2) is 0 Å². The molecule has 0 bridgehead atoms. The molecule has 0 aromatic carbocycles. The molecule has 0 fully saturated rings. The molecular weight excluding hydrogens is 254 g/mol. The average molecular weight is 270 g/mol. The molecule has 0 saturated heterocycles. The standard InChI is InChI=1S/C13H16ClNOS/c1-3-9-8-15(13(16)4-2)6-5-11-10(9)7-12(14)17-11/h4,7,9H,2-3,5-6,8H2,1H3/t9-/m1/s1. The fraction of sp³-hybridized carbons (Fsp3) is 0.462. The number of hydrogen-bond acceptors (Lipinski definition) is 2. The first-order valence-corrected chi connectivity index (χ1v) is 7.04. The summed E-state index contributed by atoms with van der Waals surface area (Å²) in [5.41, 5.74) is 1.34. The molecule has 1 aliphatic heterocycles. The third-order valence-corrected chi connectivity index (χ3v) is 4.62. The number of halogens is 1. The van der Waals surface area contributed by atoms with Crippen molar-refractivity contribution < 1.29 is 4.79 Å². The van der Waals surface area contributed by atoms with Crippen molar-refractivity contribution >= 4 is 28.8 Å². The van der Waals surface area contributed by atoms with Crippen LogP contribution in [0.1, 0.15) is 29.7 Å². The third-order valence-electron chi connectivity index (χ3n) is 3.28. The van der Waals surface area contributed by atoms with Crippen LogP contribution in [-0.4, -0.2) is 23.9 Å². The number of fused-ring (bicyclic) bond motifs is 1. The minimum absolute atomic E-state index is 0.0321. The highest BCUT2D eigenvalue weighted by Crippen LogP contribution is 2.36. The highest BCUT2D eigenvalue weighted by Gasteiger charge is 2.25. The van der Waals surface area contributed by atoms with Crippen molar-refractivity contribution in [1.82, 2.24) is 4.90 Å². The lowest BCUT2D eigenvalue weighted by Crippen LogP contribution is -2.33. The molecular formula is C13H16ClNOS. The smallest absolute Gasteiger partial charge is 0.245 e. The molecule has 1 aliphatic rings. The van der Waals surface area contributed by atoms with Gasteiger partial charge < -0.3 is 4.90 Å². The van der Waals surface area contributed by atoms with Crippen molar-refractivity contribution in [2.75, 3.05) is 13.1 Å². The average Bonchev–Trinajstić information content (AvgIpc) is 2.61. The predicted octanol–water partition coefficient (Wildman–Crippen LogP) is 3.47. The molecule has 0 aliphatic carbocycles. The van der Waals surface area contributed by atoms with E-state index in [1.165, 1.54) is 16.5 Å². The van der Waals surface area contributed by atoms with Crippen molar-refractivity contribution in [2.24, 2.45) is 0 Å². The Bertz CT molecular complexity index is 441. The van der Waals surface area contributed by atoms with Crippen LogP contribution in [0.4, 0.5) is 0 Å². The fourth-order valence-corrected chi connectivity index (χ4v) is 3.68. The second-order valence-corrected chi connectivity index (χ2v) is 6.04. The van der Waals surface area contributed by atoms with Crippen molar-refractivity contribution in [3.8, 4) is 0 Å². The van der Waals surface area contributed by atoms with Crippen molar-refractivity contribution in [3.05, 3.63) is 33.5 Å². The molecule has 0 N–H and O–H groups in total. The highest BCUT2D eigenvalue weighted by atomic mass is 35.5. The monoisotopic (exact) mass is 269 g/mol. The second-order valence-electron chi connectivity index (χ2n) is 4.27. The first-order chi connectivity index (χ1) is 8.15. The summed E-state index contributed by atoms with van der Waals surface area (Å²) in [5.74, 6) is 0.435. The number of rotatable bonds is 2. The molecule has 4 heteroatoms. The van der Waals surface area contributed by atoms with Gasteiger partial charge in [0.25, 0.3) is 0 Å². The molecule has 1 aromatic rings. The predicted molar refractivity (Wildman–Crippen MR) is 72.8 cm³/mol. The lowest BCUT2D eigenvalue weighted by atomic mass is 9.97. The van der Waals surface area contributed by atoms with Crippen LogP contribution in [0.25, 0.3) is 0 Å². The van der Waals surface area contributed by atoms with Crippen molar-refractivity contribution in [1.29, 1.82) is 0 Å². The van der Waals surface area contributed by atoms with E-state index in [0.717, 1.165) is 30.3 Å². The molecule has 0 saturated carbocycles. The van der Waals surface area contributed by atoms with Gasteiger partial charge in [0.1, 0.15) is 0 Å². The van der Waals surface area contributed by atoms with Crippen LogP contribution >= 0.6 is 22.9 Å². The van der Waals surface area contributed by atoms with Gasteiger partial charge in [-0.3, -0.25) is 4.79 Å². The maximum Gasteiger partial charge on any atom is 0.245 e. The normalized spacial score (nSPS) is 19.6. The first-order valence-electron chi connectivity index (χ1n) is 5.85. The summed E-state index contributed by atoms with van der Waals surface area (Å²) in [7, 11) is 0. The number of carbonyl (C=O) groups excluding carboxylic acids is 1. The molecule has 2 heterocycles. The quantitative estimate of drug-likeness (QED) is 0.753. The van der Waals surface area contributed by atoms with E-state index in [9.17, 15) is 4.79 Å². The molecule has 1 atom stereocenters. The van der Waals surface area contributed by atoms with Crippen LogP contribution < -0.4 is 0 Å². The Hall–Kier alpha value is -0.800. The molecule has 1 amide bonds. The van der Waals surface area contributed by atoms with E-state index in [4.69, 9.17) is 11.6 Å². The van der Waals surface area contributed by atoms with Gasteiger partial charge in [-0.05, 0) is 30.5 Å². The van der Waals surface area contributed by atoms with Gasteiger partial charge in [-0.1, -0.05) is 25.1 Å². The van der Waals surface area contributed by atoms with Crippen molar-refractivity contribution in [3.63, 3.8) is 0 Å². The van der Waals surface area contributed by atoms with Crippen LogP contribution in [0.2, 0.25) is 4.34 Å². The Labute approximate surface area is 111 Å². The topological polar surface area (TPSA) is 20.3 Å². The van der Waals surface area contributed by atoms with E-state index < -0.39 is 0 Å². The van der Waals surface area contributed by atoms with E-state index in [1.807, 2.05) is 4.90 Å². The lowest BCUT2D eigenvalue weighted by molar-refractivity contribution is -0.126. The molecule has 17 heavy (non-hydrogen) atoms. The zero-order valence-electron chi connectivity index (χ0n) is 9.91. The molecule has 0 spiro atoms. The van der Waals surface area contributed by atoms with E-state index in [2.05, 4.69) is 19.6 Å². The number of amides is 1. The largest absolute Gasteiger partial charge is 0.338 e. The number of hydrogen-bond donors (Lipinski definition) is 0. The first kappa shape index (κ1) is 12.7. The summed E-state index contributed by atoms with van der Waals surface area (Å²) in [6, 6.07) is 2.07. The van der Waals surface area contributed by atoms with Crippen LogP contribution in [0.5, 0.6) is 0 Å². The van der Waals surface area contributed by atoms with Crippen LogP contribution in [-0.2, 0) is 11.2 Å². The Kier molecular flexibility index (Phi) is 3.89. The minimum atomic E-state index is 0.0321. The minimum Gasteiger partial charge on any atom is -0.338 e. The molecule has 92 valence electrons. The van der Waals surface area contributed by atoms with Crippen LogP contribution in [0, 0.1) is 0 Å². The van der Waals surface area contributed by atoms with Gasteiger partial charge in [-0.15, -0.1) is 11.3 Å². The van der Waals surface area contributed by atoms with Gasteiger partial charge in [0.15, 0.2) is 0 Å². The Morgan fingerprint density at radius 2 is 2.53 bits per heavy atom. The van der Waals surface area contributed by atoms with E-state index in [1.54, 1.807) is 11.3 Å². The maximum absolute atomic E-state index is 11.7. The van der Waals surface area contributed by atoms with Crippen molar-refractivity contribution in [2.45, 2.75) is 25.7 Å². The maximum atomic E-state index is 11.7. The van der Waals surface area contributed by atoms with Gasteiger partial charge in [-0.2, -0.15) is 0 Å². The lowest BCUT2D eigenvalue weighted by Gasteiger charge is -2.22. The van der Waals surface area contributed by atoms with E-state index in [-0.39, 0.29) is 5.91 Å². The second kappa shape index (κ2) is 5.23. The molecule has 2 rings (SSSR count). The molecule has 0 unspecified atom stereocenters. The number of nitrogens with zero attached hydrogens (tertiary/aromatic N) is 1. The van der Waals surface area contributed by atoms with E-state index in [0.29, 0.717) is 5.92 Å². The van der Waals surface area contributed by atoms with Crippen LogP contribution in [0.15, 0.2) is 18.7 Å². The Morgan fingerprint density at radius 1 is 1.76 bits per heavy atom. The SMILES string of the molecule is C=CC(=O)N1CCc2sc(Cl)cc2[C@H](CC)C1. The van der Waals surface area contributed by atoms with Gasteiger partial charge in [0, 0.05) is 23.9 Å². The summed E-state index contributed by atoms with van der Waals surface area (Å²) in [6.07, 6.45) is 3.34. The number of thiophene rings is 1. The summed E-state index contributed by atoms with van der Waals surface area (Å²) >= 11 is 7.72. The Morgan fingerprint density at radius 3 is 3.18 bits per heavy atom. The fourth-order valence-electron chi connectivity index (χ4n) is 2.32. The van der Waals surface area contributed by atoms with Crippen LogP contribution in [0.3, 0.4) is 0 Å². The van der Waals surface area contributed by atoms with Gasteiger partial charge in [0.05, 0.1) is 4.34 Å². The summed E-state index contributed by atoms with van der Waals surface area (Å²) in [4.78, 5) is 14.9. The molecule has 0 radical (unpaired) electrons. The highest BCUT2D eigenvalue weighted by molar-refractivity contribution is 7.16. The zero-order valence-corrected chi connectivity index (χ0v) is 11.5. The summed E-state index contributed by atoms with van der Waals surface area (Å²) in [6.45, 7) is 7.26. The molecule has 2 nitrogen and oxygen atoms in total. The van der Waals surface area contributed by atoms with Gasteiger partial charge in [0.2, 0.25) is 5.91 Å². The van der Waals surface area contributed by atoms with E-state index >= 15 is 0 Å². The summed E-state index contributed by atoms with van der Waals surface area (Å²) < 4.78 is 0.858. The number of carbonyl (C=O) groups is 1.